The van der Waals surface area contributed by atoms with E-state index in [4.69, 9.17) is 4.74 Å². The zero-order chi connectivity index (χ0) is 15.2. The summed E-state index contributed by atoms with van der Waals surface area (Å²) in [5.74, 6) is 0.820. The molecule has 0 aromatic heterocycles. The van der Waals surface area contributed by atoms with Crippen LogP contribution in [0.25, 0.3) is 0 Å². The molecule has 3 N–H and O–H groups in total. The Morgan fingerprint density at radius 1 is 1.52 bits per heavy atom. The maximum atomic E-state index is 12.2. The number of carbonyl (C=O) groups is 1. The third-order valence-electron chi connectivity index (χ3n) is 4.18. The van der Waals surface area contributed by atoms with Crippen LogP contribution in [-0.2, 0) is 0 Å². The van der Waals surface area contributed by atoms with Crippen LogP contribution in [0.15, 0.2) is 18.2 Å². The molecule has 0 bridgehead atoms. The first-order valence-electron chi connectivity index (χ1n) is 7.54. The summed E-state index contributed by atoms with van der Waals surface area (Å²) in [4.78, 5) is 12.2. The summed E-state index contributed by atoms with van der Waals surface area (Å²) < 4.78 is 5.01. The molecule has 1 fully saturated rings. The summed E-state index contributed by atoms with van der Waals surface area (Å²) in [6.07, 6.45) is 3.52. The average molecular weight is 292 g/mol. The van der Waals surface area contributed by atoms with E-state index in [1.165, 1.54) is 26.0 Å². The van der Waals surface area contributed by atoms with E-state index in [0.717, 1.165) is 13.0 Å². The van der Waals surface area contributed by atoms with E-state index in [1.54, 1.807) is 12.1 Å². The lowest BCUT2D eigenvalue weighted by atomic mass is 9.88. The van der Waals surface area contributed by atoms with Gasteiger partial charge in [-0.1, -0.05) is 13.3 Å². The minimum Gasteiger partial charge on any atom is -0.507 e. The van der Waals surface area contributed by atoms with E-state index in [1.807, 2.05) is 0 Å². The predicted molar refractivity (Wildman–Crippen MR) is 81.8 cm³/mol. The van der Waals surface area contributed by atoms with E-state index >= 15 is 0 Å². The SMILES string of the molecule is CCC1CCCNC1CNC(=O)c1ccc(OC)cc1O. The van der Waals surface area contributed by atoms with Gasteiger partial charge in [-0.15, -0.1) is 0 Å². The van der Waals surface area contributed by atoms with E-state index < -0.39 is 0 Å². The highest BCUT2D eigenvalue weighted by Crippen LogP contribution is 2.23. The van der Waals surface area contributed by atoms with Crippen LogP contribution in [0.2, 0.25) is 0 Å². The monoisotopic (exact) mass is 292 g/mol. The molecular weight excluding hydrogens is 268 g/mol. The maximum absolute atomic E-state index is 12.2. The molecule has 21 heavy (non-hydrogen) atoms. The molecule has 0 saturated carbocycles. The summed E-state index contributed by atoms with van der Waals surface area (Å²) in [5, 5.41) is 16.2. The van der Waals surface area contributed by atoms with Gasteiger partial charge >= 0.3 is 0 Å². The van der Waals surface area contributed by atoms with E-state index in [2.05, 4.69) is 17.6 Å². The van der Waals surface area contributed by atoms with Gasteiger partial charge in [-0.3, -0.25) is 4.79 Å². The van der Waals surface area contributed by atoms with Crippen LogP contribution in [0.3, 0.4) is 0 Å². The molecule has 1 amide bonds. The van der Waals surface area contributed by atoms with Crippen LogP contribution in [0.5, 0.6) is 11.5 Å². The number of phenols is 1. The van der Waals surface area contributed by atoms with Crippen LogP contribution >= 0.6 is 0 Å². The number of ether oxygens (including phenoxy) is 1. The van der Waals surface area contributed by atoms with Crippen LogP contribution in [0.4, 0.5) is 0 Å². The Balaban J connectivity index is 1.95. The van der Waals surface area contributed by atoms with Gasteiger partial charge in [0.25, 0.3) is 5.91 Å². The lowest BCUT2D eigenvalue weighted by molar-refractivity contribution is 0.0939. The van der Waals surface area contributed by atoms with Crippen molar-refractivity contribution in [1.82, 2.24) is 10.6 Å². The molecule has 2 atom stereocenters. The molecule has 0 spiro atoms. The Morgan fingerprint density at radius 2 is 2.33 bits per heavy atom. The zero-order valence-electron chi connectivity index (χ0n) is 12.7. The second kappa shape index (κ2) is 7.31. The number of rotatable bonds is 5. The summed E-state index contributed by atoms with van der Waals surface area (Å²) >= 11 is 0. The molecule has 1 saturated heterocycles. The summed E-state index contributed by atoms with van der Waals surface area (Å²) in [7, 11) is 1.52. The van der Waals surface area contributed by atoms with Gasteiger partial charge in [-0.25, -0.2) is 0 Å². The van der Waals surface area contributed by atoms with Crippen LogP contribution in [-0.4, -0.2) is 37.3 Å². The standard InChI is InChI=1S/C16H24N2O3/c1-3-11-5-4-8-17-14(11)10-18-16(20)13-7-6-12(21-2)9-15(13)19/h6-7,9,11,14,17,19H,3-5,8,10H2,1-2H3,(H,18,20). The van der Waals surface area contributed by atoms with E-state index in [-0.39, 0.29) is 17.2 Å². The molecule has 0 aliphatic carbocycles. The van der Waals surface area contributed by atoms with E-state index in [0.29, 0.717) is 24.3 Å². The number of aromatic hydroxyl groups is 1. The number of methoxy groups -OCH3 is 1. The van der Waals surface area contributed by atoms with Gasteiger partial charge in [-0.2, -0.15) is 0 Å². The Hall–Kier alpha value is -1.75. The largest absolute Gasteiger partial charge is 0.507 e. The number of benzene rings is 1. The topological polar surface area (TPSA) is 70.6 Å². The quantitative estimate of drug-likeness (QED) is 0.775. The minimum absolute atomic E-state index is 0.0597. The number of amides is 1. The minimum atomic E-state index is -0.252. The third-order valence-corrected chi connectivity index (χ3v) is 4.18. The molecule has 1 heterocycles. The molecule has 116 valence electrons. The van der Waals surface area contributed by atoms with Crippen LogP contribution in [0.1, 0.15) is 36.5 Å². The van der Waals surface area contributed by atoms with Gasteiger partial charge in [0.05, 0.1) is 12.7 Å². The second-order valence-corrected chi connectivity index (χ2v) is 5.46. The van der Waals surface area contributed by atoms with Crippen LogP contribution < -0.4 is 15.4 Å². The van der Waals surface area contributed by atoms with Crippen molar-refractivity contribution >= 4 is 5.91 Å². The highest BCUT2D eigenvalue weighted by Gasteiger charge is 2.24. The van der Waals surface area contributed by atoms with Gasteiger partial charge in [-0.05, 0) is 37.4 Å². The number of nitrogens with one attached hydrogen (secondary N) is 2. The first-order valence-corrected chi connectivity index (χ1v) is 7.54. The fourth-order valence-electron chi connectivity index (χ4n) is 2.88. The van der Waals surface area contributed by atoms with Crippen molar-refractivity contribution in [1.29, 1.82) is 0 Å². The summed E-state index contributed by atoms with van der Waals surface area (Å²) in [5.41, 5.74) is 0.277. The molecule has 1 aromatic rings. The van der Waals surface area contributed by atoms with Gasteiger partial charge in [0, 0.05) is 18.7 Å². The highest BCUT2D eigenvalue weighted by molar-refractivity contribution is 5.97. The maximum Gasteiger partial charge on any atom is 0.255 e. The number of hydrogen-bond acceptors (Lipinski definition) is 4. The Labute approximate surface area is 125 Å². The van der Waals surface area contributed by atoms with Gasteiger partial charge in [0.15, 0.2) is 0 Å². The van der Waals surface area contributed by atoms with Crippen molar-refractivity contribution in [3.63, 3.8) is 0 Å². The molecule has 5 heteroatoms. The molecule has 2 unspecified atom stereocenters. The number of carbonyl (C=O) groups excluding carboxylic acids is 1. The normalized spacial score (nSPS) is 21.8. The van der Waals surface area contributed by atoms with E-state index in [9.17, 15) is 9.90 Å². The molecule has 0 radical (unpaired) electrons. The molecule has 1 aliphatic heterocycles. The van der Waals surface area contributed by atoms with Crippen molar-refractivity contribution in [3.05, 3.63) is 23.8 Å². The van der Waals surface area contributed by atoms with Crippen molar-refractivity contribution < 1.29 is 14.6 Å². The predicted octanol–water partition coefficient (Wildman–Crippen LogP) is 1.91. The van der Waals surface area contributed by atoms with Crippen LogP contribution in [0, 0.1) is 5.92 Å². The van der Waals surface area contributed by atoms with Crippen molar-refractivity contribution in [3.8, 4) is 11.5 Å². The number of piperidine rings is 1. The molecule has 5 nitrogen and oxygen atoms in total. The van der Waals surface area contributed by atoms with Gasteiger partial charge in [0.1, 0.15) is 11.5 Å². The lowest BCUT2D eigenvalue weighted by Gasteiger charge is -2.32. The van der Waals surface area contributed by atoms with Crippen molar-refractivity contribution in [2.45, 2.75) is 32.2 Å². The zero-order valence-corrected chi connectivity index (χ0v) is 12.7. The smallest absolute Gasteiger partial charge is 0.255 e. The molecule has 1 aliphatic rings. The summed E-state index contributed by atoms with van der Waals surface area (Å²) in [6, 6.07) is 5.01. The molecule has 2 rings (SSSR count). The number of phenolic OH excluding ortho intramolecular Hbond substituents is 1. The van der Waals surface area contributed by atoms with Crippen molar-refractivity contribution in [2.75, 3.05) is 20.2 Å². The molecular formula is C16H24N2O3. The third kappa shape index (κ3) is 3.88. The Morgan fingerprint density at radius 3 is 3.00 bits per heavy atom. The second-order valence-electron chi connectivity index (χ2n) is 5.46. The van der Waals surface area contributed by atoms with Gasteiger partial charge < -0.3 is 20.5 Å². The Bertz CT molecular complexity index is 490. The van der Waals surface area contributed by atoms with Gasteiger partial charge in [0.2, 0.25) is 0 Å². The Kier molecular flexibility index (Phi) is 5.44. The first-order chi connectivity index (χ1) is 10.2. The lowest BCUT2D eigenvalue weighted by Crippen LogP contribution is -2.48. The van der Waals surface area contributed by atoms with Crippen molar-refractivity contribution in [2.24, 2.45) is 5.92 Å². The first kappa shape index (κ1) is 15.6. The molecule has 1 aromatic carbocycles. The average Bonchev–Trinajstić information content (AvgIpc) is 2.52. The highest BCUT2D eigenvalue weighted by atomic mass is 16.5. The fourth-order valence-corrected chi connectivity index (χ4v) is 2.88. The fraction of sp³-hybridized carbons (Fsp3) is 0.562. The number of hydrogen-bond donors (Lipinski definition) is 3. The summed E-state index contributed by atoms with van der Waals surface area (Å²) in [6.45, 7) is 3.77.